The second-order valence-electron chi connectivity index (χ2n) is 12.6. The lowest BCUT2D eigenvalue weighted by atomic mass is 9.72. The summed E-state index contributed by atoms with van der Waals surface area (Å²) in [7, 11) is 0.489. The van der Waals surface area contributed by atoms with E-state index in [1.54, 1.807) is 7.11 Å². The van der Waals surface area contributed by atoms with E-state index in [1.165, 1.54) is 11.1 Å². The molecule has 0 unspecified atom stereocenters. The minimum Gasteiger partial charge on any atom is -0.493 e. The molecular formula is C32H39N2O3P. The summed E-state index contributed by atoms with van der Waals surface area (Å²) in [5, 5.41) is 0. The molecule has 3 heterocycles. The highest BCUT2D eigenvalue weighted by Crippen LogP contribution is 2.58. The zero-order valence-corrected chi connectivity index (χ0v) is 24.9. The van der Waals surface area contributed by atoms with Gasteiger partial charge in [-0.1, -0.05) is 67.5 Å². The molecule has 5 rings (SSSR count). The highest BCUT2D eigenvalue weighted by atomic mass is 31.2. The summed E-state index contributed by atoms with van der Waals surface area (Å²) >= 11 is 0. The van der Waals surface area contributed by atoms with E-state index in [-0.39, 0.29) is 16.2 Å². The molecule has 0 spiro atoms. The molecule has 5 nitrogen and oxygen atoms in total. The first-order valence-electron chi connectivity index (χ1n) is 13.1. The molecule has 6 heteroatoms. The first-order chi connectivity index (χ1) is 17.8. The molecular weight excluding hydrogens is 491 g/mol. The predicted molar refractivity (Wildman–Crippen MR) is 156 cm³/mol. The van der Waals surface area contributed by atoms with Crippen LogP contribution in [0.1, 0.15) is 77.6 Å². The number of rotatable bonds is 5. The average Bonchev–Trinajstić information content (AvgIpc) is 3.56. The normalized spacial score (nSPS) is 14.6. The van der Waals surface area contributed by atoms with Crippen LogP contribution in [0.5, 0.6) is 23.0 Å². The maximum atomic E-state index is 6.92. The lowest BCUT2D eigenvalue weighted by Crippen LogP contribution is -2.27. The molecule has 38 heavy (non-hydrogen) atoms. The van der Waals surface area contributed by atoms with Gasteiger partial charge in [0.25, 0.3) is 0 Å². The van der Waals surface area contributed by atoms with Crippen LogP contribution in [0, 0.1) is 0 Å². The van der Waals surface area contributed by atoms with Gasteiger partial charge in [-0.2, -0.15) is 0 Å². The number of hydrogen-bond acceptors (Lipinski definition) is 3. The number of hydrogen-bond donors (Lipinski definition) is 0. The molecule has 0 aliphatic carbocycles. The van der Waals surface area contributed by atoms with Gasteiger partial charge in [0.15, 0.2) is 23.0 Å². The molecule has 0 saturated heterocycles. The SMILES string of the molecule is COc1cc(C(C)(C)C)cc2c1Oc1c(OP(n3cccc3)n3cccc3)cc(C(C)(C)C)cc1C2(C)C. The van der Waals surface area contributed by atoms with Crippen LogP contribution in [0.25, 0.3) is 0 Å². The van der Waals surface area contributed by atoms with Crippen molar-refractivity contribution in [2.75, 3.05) is 7.11 Å². The maximum absolute atomic E-state index is 6.92. The van der Waals surface area contributed by atoms with Gasteiger partial charge in [-0.3, -0.25) is 8.68 Å². The third-order valence-electron chi connectivity index (χ3n) is 7.37. The molecule has 1 aliphatic rings. The van der Waals surface area contributed by atoms with Gasteiger partial charge in [-0.25, -0.2) is 0 Å². The zero-order valence-electron chi connectivity index (χ0n) is 24.0. The molecule has 0 amide bonds. The molecule has 0 radical (unpaired) electrons. The second-order valence-corrected chi connectivity index (χ2v) is 14.2. The van der Waals surface area contributed by atoms with Crippen LogP contribution in [-0.4, -0.2) is 15.8 Å². The fraction of sp³-hybridized carbons (Fsp3) is 0.375. The summed E-state index contributed by atoms with van der Waals surface area (Å²) < 4.78 is 23.8. The van der Waals surface area contributed by atoms with E-state index in [2.05, 4.69) is 88.3 Å². The summed E-state index contributed by atoms with van der Waals surface area (Å²) in [5.41, 5.74) is 4.25. The first-order valence-corrected chi connectivity index (χ1v) is 14.3. The number of aromatic nitrogens is 2. The van der Waals surface area contributed by atoms with Crippen LogP contribution in [0.2, 0.25) is 0 Å². The minimum absolute atomic E-state index is 0.0242. The Kier molecular flexibility index (Phi) is 6.43. The van der Waals surface area contributed by atoms with Crippen LogP contribution in [0.15, 0.2) is 73.3 Å². The van der Waals surface area contributed by atoms with Crippen LogP contribution in [-0.2, 0) is 16.2 Å². The highest BCUT2D eigenvalue weighted by Gasteiger charge is 2.40. The Hall–Kier alpha value is -3.17. The van der Waals surface area contributed by atoms with Crippen LogP contribution in [0.4, 0.5) is 0 Å². The molecule has 4 aromatic rings. The van der Waals surface area contributed by atoms with Crippen molar-refractivity contribution in [3.05, 3.63) is 95.6 Å². The Morgan fingerprint density at radius 2 is 1.11 bits per heavy atom. The van der Waals surface area contributed by atoms with Crippen molar-refractivity contribution in [1.29, 1.82) is 0 Å². The number of nitrogens with zero attached hydrogens (tertiary/aromatic N) is 2. The first kappa shape index (κ1) is 26.4. The molecule has 1 aliphatic heterocycles. The van der Waals surface area contributed by atoms with E-state index in [0.717, 1.165) is 34.1 Å². The summed E-state index contributed by atoms with van der Waals surface area (Å²) in [6.45, 7) is 18.0. The number of benzene rings is 2. The minimum atomic E-state index is -1.22. The predicted octanol–water partition coefficient (Wildman–Crippen LogP) is 9.03. The molecule has 2 aromatic carbocycles. The molecule has 2 aromatic heterocycles. The van der Waals surface area contributed by atoms with Gasteiger partial charge in [0.2, 0.25) is 0 Å². The fourth-order valence-corrected chi connectivity index (χ4v) is 6.36. The number of fused-ring (bicyclic) bond motifs is 2. The van der Waals surface area contributed by atoms with Gasteiger partial charge in [0.05, 0.1) is 7.11 Å². The molecule has 0 bridgehead atoms. The highest BCUT2D eigenvalue weighted by molar-refractivity contribution is 7.49. The molecule has 0 saturated carbocycles. The van der Waals surface area contributed by atoms with Crippen molar-refractivity contribution in [2.24, 2.45) is 0 Å². The Labute approximate surface area is 228 Å². The monoisotopic (exact) mass is 530 g/mol. The molecule has 0 N–H and O–H groups in total. The number of methoxy groups -OCH3 is 1. The van der Waals surface area contributed by atoms with Gasteiger partial charge in [-0.05, 0) is 58.4 Å². The maximum Gasteiger partial charge on any atom is 0.317 e. The zero-order chi connectivity index (χ0) is 27.5. The van der Waals surface area contributed by atoms with Gasteiger partial charge in [0.1, 0.15) is 0 Å². The summed E-state index contributed by atoms with van der Waals surface area (Å²) in [6, 6.07) is 16.9. The molecule has 0 fully saturated rings. The third-order valence-corrected chi connectivity index (χ3v) is 9.05. The van der Waals surface area contributed by atoms with Gasteiger partial charge < -0.3 is 14.0 Å². The number of ether oxygens (including phenoxy) is 2. The Balaban J connectivity index is 1.73. The van der Waals surface area contributed by atoms with Crippen molar-refractivity contribution in [1.82, 2.24) is 8.68 Å². The molecule has 200 valence electrons. The van der Waals surface area contributed by atoms with E-state index in [1.807, 2.05) is 49.1 Å². The van der Waals surface area contributed by atoms with Crippen molar-refractivity contribution >= 4 is 8.45 Å². The molecule has 0 atom stereocenters. The van der Waals surface area contributed by atoms with Crippen molar-refractivity contribution in [3.8, 4) is 23.0 Å². The largest absolute Gasteiger partial charge is 0.493 e. The standard InChI is InChI=1S/C32H39N2O3P/c1-30(2,3)22-18-24-28(26(20-22)35-9)36-29-25(32(24,7)8)19-23(31(4,5)6)21-27(29)37-38(33-14-10-11-15-33)34-16-12-13-17-34/h10-21H,1-9H3. The van der Waals surface area contributed by atoms with E-state index in [4.69, 9.17) is 14.0 Å². The van der Waals surface area contributed by atoms with Crippen molar-refractivity contribution in [3.63, 3.8) is 0 Å². The quantitative estimate of drug-likeness (QED) is 0.242. The van der Waals surface area contributed by atoms with E-state index >= 15 is 0 Å². The van der Waals surface area contributed by atoms with Crippen molar-refractivity contribution in [2.45, 2.75) is 71.6 Å². The van der Waals surface area contributed by atoms with Crippen LogP contribution >= 0.6 is 8.45 Å². The summed E-state index contributed by atoms with van der Waals surface area (Å²) in [5.74, 6) is 3.00. The van der Waals surface area contributed by atoms with Gasteiger partial charge >= 0.3 is 8.45 Å². The Bertz CT molecular complexity index is 1410. The van der Waals surface area contributed by atoms with Gasteiger partial charge in [0, 0.05) is 41.3 Å². The second kappa shape index (κ2) is 9.24. The fourth-order valence-electron chi connectivity index (χ4n) is 4.86. The lowest BCUT2D eigenvalue weighted by Gasteiger charge is -2.38. The smallest absolute Gasteiger partial charge is 0.317 e. The lowest BCUT2D eigenvalue weighted by molar-refractivity contribution is 0.348. The summed E-state index contributed by atoms with van der Waals surface area (Å²) in [6.07, 6.45) is 8.18. The van der Waals surface area contributed by atoms with E-state index < -0.39 is 8.45 Å². The van der Waals surface area contributed by atoms with E-state index in [0.29, 0.717) is 0 Å². The van der Waals surface area contributed by atoms with E-state index in [9.17, 15) is 0 Å². The van der Waals surface area contributed by atoms with Crippen LogP contribution < -0.4 is 14.0 Å². The third kappa shape index (κ3) is 4.62. The topological polar surface area (TPSA) is 37.6 Å². The Morgan fingerprint density at radius 1 is 0.684 bits per heavy atom. The van der Waals surface area contributed by atoms with Crippen LogP contribution in [0.3, 0.4) is 0 Å². The summed E-state index contributed by atoms with van der Waals surface area (Å²) in [4.78, 5) is 0. The van der Waals surface area contributed by atoms with Gasteiger partial charge in [-0.15, -0.1) is 0 Å². The average molecular weight is 531 g/mol. The Morgan fingerprint density at radius 3 is 1.53 bits per heavy atom. The van der Waals surface area contributed by atoms with Crippen molar-refractivity contribution < 1.29 is 14.0 Å².